The number of anilines is 1. The van der Waals surface area contributed by atoms with Gasteiger partial charge in [0, 0.05) is 36.0 Å². The Kier molecular flexibility index (Phi) is 4.41. The van der Waals surface area contributed by atoms with Gasteiger partial charge in [-0.15, -0.1) is 0 Å². The van der Waals surface area contributed by atoms with Gasteiger partial charge in [-0.1, -0.05) is 0 Å². The summed E-state index contributed by atoms with van der Waals surface area (Å²) in [5.74, 6) is -2.38. The first-order chi connectivity index (χ1) is 13.6. The number of benzene rings is 1. The molecule has 3 heterocycles. The maximum Gasteiger partial charge on any atom is 0.300 e. The van der Waals surface area contributed by atoms with Crippen LogP contribution in [0.3, 0.4) is 0 Å². The summed E-state index contributed by atoms with van der Waals surface area (Å²) in [6, 6.07) is 10.8. The van der Waals surface area contributed by atoms with Gasteiger partial charge in [-0.25, -0.2) is 4.39 Å². The average Bonchev–Trinajstić information content (AvgIpc) is 3.00. The first kappa shape index (κ1) is 17.5. The third kappa shape index (κ3) is 2.92. The van der Waals surface area contributed by atoms with E-state index in [1.165, 1.54) is 54.0 Å². The molecule has 4 rings (SSSR count). The van der Waals surface area contributed by atoms with Crippen LogP contribution in [-0.4, -0.2) is 26.8 Å². The minimum absolute atomic E-state index is 0.0493. The second kappa shape index (κ2) is 7.03. The summed E-state index contributed by atoms with van der Waals surface area (Å²) in [6.07, 6.45) is 6.03. The number of carbonyl (C=O) groups is 2. The molecule has 1 saturated heterocycles. The van der Waals surface area contributed by atoms with Gasteiger partial charge in [-0.2, -0.15) is 0 Å². The van der Waals surface area contributed by atoms with Gasteiger partial charge in [0.1, 0.15) is 11.6 Å². The van der Waals surface area contributed by atoms with Crippen molar-refractivity contribution in [2.45, 2.75) is 6.04 Å². The number of Topliss-reactive ketones (excluding diaryl/α,β-unsaturated/α-hetero) is 1. The number of ketones is 1. The van der Waals surface area contributed by atoms with E-state index in [0.717, 1.165) is 0 Å². The number of nitrogens with zero attached hydrogens (tertiary/aromatic N) is 3. The van der Waals surface area contributed by atoms with E-state index in [1.54, 1.807) is 24.3 Å². The van der Waals surface area contributed by atoms with E-state index in [1.807, 2.05) is 0 Å². The van der Waals surface area contributed by atoms with E-state index >= 15 is 0 Å². The van der Waals surface area contributed by atoms with Crippen molar-refractivity contribution in [1.82, 2.24) is 9.97 Å². The summed E-state index contributed by atoms with van der Waals surface area (Å²) >= 11 is 0. The molecule has 28 heavy (non-hydrogen) atoms. The second-order valence-electron chi connectivity index (χ2n) is 6.16. The lowest BCUT2D eigenvalue weighted by Gasteiger charge is -2.25. The molecule has 0 radical (unpaired) electrons. The first-order valence-corrected chi connectivity index (χ1v) is 8.45. The molecule has 3 aromatic rings. The second-order valence-corrected chi connectivity index (χ2v) is 6.16. The van der Waals surface area contributed by atoms with Crippen molar-refractivity contribution in [2.75, 3.05) is 4.90 Å². The molecule has 7 heteroatoms. The Labute approximate surface area is 159 Å². The normalized spacial score (nSPS) is 18.5. The van der Waals surface area contributed by atoms with E-state index in [0.29, 0.717) is 16.8 Å². The van der Waals surface area contributed by atoms with E-state index in [2.05, 4.69) is 9.97 Å². The zero-order valence-corrected chi connectivity index (χ0v) is 14.5. The number of aliphatic hydroxyl groups excluding tert-OH is 1. The highest BCUT2D eigenvalue weighted by Crippen LogP contribution is 2.41. The quantitative estimate of drug-likeness (QED) is 0.432. The Morgan fingerprint density at radius 1 is 0.893 bits per heavy atom. The highest BCUT2D eigenvalue weighted by molar-refractivity contribution is 6.51. The largest absolute Gasteiger partial charge is 0.507 e. The fourth-order valence-corrected chi connectivity index (χ4v) is 3.23. The van der Waals surface area contributed by atoms with Crippen LogP contribution < -0.4 is 4.90 Å². The molecule has 1 unspecified atom stereocenters. The van der Waals surface area contributed by atoms with Gasteiger partial charge >= 0.3 is 0 Å². The standard InChI is InChI=1S/C21H14FN3O3/c22-15-1-3-16(4-2-15)25-18(13-5-9-23-10-6-13)17(20(27)21(25)28)19(26)14-7-11-24-12-8-14/h1-12,18,26H/b19-17-. The summed E-state index contributed by atoms with van der Waals surface area (Å²) in [6.45, 7) is 0. The van der Waals surface area contributed by atoms with Crippen molar-refractivity contribution in [3.05, 3.63) is 95.8 Å². The van der Waals surface area contributed by atoms with Crippen LogP contribution >= 0.6 is 0 Å². The Balaban J connectivity index is 1.94. The van der Waals surface area contributed by atoms with Gasteiger partial charge in [0.15, 0.2) is 0 Å². The van der Waals surface area contributed by atoms with Crippen LogP contribution in [-0.2, 0) is 9.59 Å². The summed E-state index contributed by atoms with van der Waals surface area (Å²) in [5.41, 5.74) is 1.26. The first-order valence-electron chi connectivity index (χ1n) is 8.45. The van der Waals surface area contributed by atoms with Crippen molar-refractivity contribution < 1.29 is 19.1 Å². The van der Waals surface area contributed by atoms with Crippen molar-refractivity contribution in [2.24, 2.45) is 0 Å². The lowest BCUT2D eigenvalue weighted by Crippen LogP contribution is -2.29. The Hall–Kier alpha value is -3.87. The smallest absolute Gasteiger partial charge is 0.300 e. The number of aromatic nitrogens is 2. The lowest BCUT2D eigenvalue weighted by atomic mass is 9.96. The van der Waals surface area contributed by atoms with E-state index < -0.39 is 23.5 Å². The van der Waals surface area contributed by atoms with E-state index in [4.69, 9.17) is 0 Å². The van der Waals surface area contributed by atoms with Gasteiger partial charge in [-0.05, 0) is 54.1 Å². The fraction of sp³-hybridized carbons (Fsp3) is 0.0476. The van der Waals surface area contributed by atoms with Crippen molar-refractivity contribution in [3.8, 4) is 0 Å². The highest BCUT2D eigenvalue weighted by Gasteiger charge is 2.46. The number of carbonyl (C=O) groups excluding carboxylic acids is 2. The Bertz CT molecular complexity index is 1070. The maximum atomic E-state index is 13.4. The molecular formula is C21H14FN3O3. The number of aliphatic hydroxyl groups is 1. The molecule has 0 spiro atoms. The number of rotatable bonds is 3. The number of amides is 1. The molecule has 1 N–H and O–H groups in total. The molecule has 1 aliphatic rings. The molecule has 138 valence electrons. The van der Waals surface area contributed by atoms with Crippen LogP contribution in [0.5, 0.6) is 0 Å². The minimum atomic E-state index is -0.873. The van der Waals surface area contributed by atoms with Crippen LogP contribution in [0.25, 0.3) is 5.76 Å². The van der Waals surface area contributed by atoms with E-state index in [9.17, 15) is 19.1 Å². The number of hydrogen-bond acceptors (Lipinski definition) is 5. The number of hydrogen-bond donors (Lipinski definition) is 1. The predicted octanol–water partition coefficient (Wildman–Crippen LogP) is 3.24. The van der Waals surface area contributed by atoms with E-state index in [-0.39, 0.29) is 11.3 Å². The molecule has 0 saturated carbocycles. The molecule has 1 atom stereocenters. The van der Waals surface area contributed by atoms with Crippen molar-refractivity contribution in [1.29, 1.82) is 0 Å². The minimum Gasteiger partial charge on any atom is -0.507 e. The molecule has 1 amide bonds. The van der Waals surface area contributed by atoms with Crippen LogP contribution in [0.2, 0.25) is 0 Å². The zero-order valence-electron chi connectivity index (χ0n) is 14.5. The van der Waals surface area contributed by atoms with Crippen molar-refractivity contribution in [3.63, 3.8) is 0 Å². The van der Waals surface area contributed by atoms with Crippen LogP contribution in [0.15, 0.2) is 78.9 Å². The van der Waals surface area contributed by atoms with Crippen molar-refractivity contribution >= 4 is 23.1 Å². The predicted molar refractivity (Wildman–Crippen MR) is 99.7 cm³/mol. The van der Waals surface area contributed by atoms with Gasteiger partial charge < -0.3 is 5.11 Å². The van der Waals surface area contributed by atoms with Crippen LogP contribution in [0.1, 0.15) is 17.2 Å². The third-order valence-electron chi connectivity index (χ3n) is 4.52. The molecule has 0 bridgehead atoms. The van der Waals surface area contributed by atoms with Crippen LogP contribution in [0, 0.1) is 5.82 Å². The van der Waals surface area contributed by atoms with Gasteiger partial charge in [0.25, 0.3) is 11.7 Å². The number of halogens is 1. The molecule has 1 aliphatic heterocycles. The Morgan fingerprint density at radius 3 is 2.07 bits per heavy atom. The zero-order chi connectivity index (χ0) is 19.7. The monoisotopic (exact) mass is 375 g/mol. The van der Waals surface area contributed by atoms with Crippen LogP contribution in [0.4, 0.5) is 10.1 Å². The van der Waals surface area contributed by atoms with Gasteiger partial charge in [0.05, 0.1) is 11.6 Å². The maximum absolute atomic E-state index is 13.4. The summed E-state index contributed by atoms with van der Waals surface area (Å²) in [4.78, 5) is 34.8. The Morgan fingerprint density at radius 2 is 1.46 bits per heavy atom. The molecular weight excluding hydrogens is 361 g/mol. The topological polar surface area (TPSA) is 83.4 Å². The summed E-state index contributed by atoms with van der Waals surface area (Å²) in [5, 5.41) is 10.8. The molecule has 1 aromatic carbocycles. The number of pyridine rings is 2. The third-order valence-corrected chi connectivity index (χ3v) is 4.52. The molecule has 2 aromatic heterocycles. The average molecular weight is 375 g/mol. The SMILES string of the molecule is O=C1C(=O)N(c2ccc(F)cc2)C(c2ccncc2)/C1=C(/O)c1ccncc1. The molecule has 0 aliphatic carbocycles. The van der Waals surface area contributed by atoms with Gasteiger partial charge in [-0.3, -0.25) is 24.5 Å². The van der Waals surface area contributed by atoms with Gasteiger partial charge in [0.2, 0.25) is 0 Å². The summed E-state index contributed by atoms with van der Waals surface area (Å²) in [7, 11) is 0. The molecule has 6 nitrogen and oxygen atoms in total. The highest BCUT2D eigenvalue weighted by atomic mass is 19.1. The fourth-order valence-electron chi connectivity index (χ4n) is 3.23. The molecule has 1 fully saturated rings. The summed E-state index contributed by atoms with van der Waals surface area (Å²) < 4.78 is 13.4. The lowest BCUT2D eigenvalue weighted by molar-refractivity contribution is -0.132.